The summed E-state index contributed by atoms with van der Waals surface area (Å²) >= 11 is 0. The Morgan fingerprint density at radius 3 is 2.33 bits per heavy atom. The lowest BCUT2D eigenvalue weighted by molar-refractivity contribution is 0.0782. The van der Waals surface area contributed by atoms with Gasteiger partial charge in [0.2, 0.25) is 0 Å². The summed E-state index contributed by atoms with van der Waals surface area (Å²) in [6.45, 7) is 7.71. The quantitative estimate of drug-likeness (QED) is 0.811. The molecule has 0 bridgehead atoms. The summed E-state index contributed by atoms with van der Waals surface area (Å²) in [4.78, 5) is 2.84. The highest BCUT2D eigenvalue weighted by Gasteiger charge is 2.43. The van der Waals surface area contributed by atoms with E-state index < -0.39 is 0 Å². The Labute approximate surface area is 113 Å². The molecule has 2 heteroatoms. The Morgan fingerprint density at radius 2 is 1.72 bits per heavy atom. The minimum absolute atomic E-state index is 0.551. The number of nitrogens with one attached hydrogen (secondary N) is 1. The standard InChI is InChI=1S/C16H30N2/c1-16(2)8-7-14(17-3)15(9-16)18-10-12-5-4-6-13(12)11-18/h12-15,17H,4-11H2,1-3H3. The summed E-state index contributed by atoms with van der Waals surface area (Å²) in [6, 6.07) is 1.53. The second-order valence-corrected chi connectivity index (χ2v) is 7.77. The molecule has 1 aliphatic heterocycles. The highest BCUT2D eigenvalue weighted by atomic mass is 15.2. The van der Waals surface area contributed by atoms with Crippen molar-refractivity contribution in [2.75, 3.05) is 20.1 Å². The van der Waals surface area contributed by atoms with Gasteiger partial charge < -0.3 is 5.32 Å². The van der Waals surface area contributed by atoms with Gasteiger partial charge in [0.05, 0.1) is 0 Å². The summed E-state index contributed by atoms with van der Waals surface area (Å²) in [5.41, 5.74) is 0.551. The molecule has 2 saturated carbocycles. The maximum absolute atomic E-state index is 3.59. The van der Waals surface area contributed by atoms with E-state index in [9.17, 15) is 0 Å². The normalized spacial score (nSPS) is 44.2. The summed E-state index contributed by atoms with van der Waals surface area (Å²) in [7, 11) is 2.16. The lowest BCUT2D eigenvalue weighted by Gasteiger charge is -2.45. The Kier molecular flexibility index (Phi) is 3.44. The smallest absolute Gasteiger partial charge is 0.0254 e. The lowest BCUT2D eigenvalue weighted by Crippen LogP contribution is -2.53. The maximum Gasteiger partial charge on any atom is 0.0254 e. The number of hydrogen-bond donors (Lipinski definition) is 1. The van der Waals surface area contributed by atoms with Gasteiger partial charge in [0.15, 0.2) is 0 Å². The molecular formula is C16H30N2. The van der Waals surface area contributed by atoms with Crippen molar-refractivity contribution in [1.29, 1.82) is 0 Å². The molecule has 1 heterocycles. The number of nitrogens with zero attached hydrogens (tertiary/aromatic N) is 1. The van der Waals surface area contributed by atoms with Crippen LogP contribution >= 0.6 is 0 Å². The van der Waals surface area contributed by atoms with E-state index in [4.69, 9.17) is 0 Å². The summed E-state index contributed by atoms with van der Waals surface area (Å²) in [5, 5.41) is 3.59. The second kappa shape index (κ2) is 4.79. The average molecular weight is 250 g/mol. The summed E-state index contributed by atoms with van der Waals surface area (Å²) in [6.07, 6.45) is 8.63. The molecule has 18 heavy (non-hydrogen) atoms. The minimum atomic E-state index is 0.551. The first-order chi connectivity index (χ1) is 8.59. The van der Waals surface area contributed by atoms with Crippen molar-refractivity contribution in [2.24, 2.45) is 17.3 Å². The largest absolute Gasteiger partial charge is 0.315 e. The van der Waals surface area contributed by atoms with Gasteiger partial charge in [-0.1, -0.05) is 20.3 Å². The molecule has 4 atom stereocenters. The van der Waals surface area contributed by atoms with Crippen LogP contribution in [0.15, 0.2) is 0 Å². The van der Waals surface area contributed by atoms with E-state index in [1.165, 1.54) is 51.6 Å². The minimum Gasteiger partial charge on any atom is -0.315 e. The van der Waals surface area contributed by atoms with Gasteiger partial charge in [-0.15, -0.1) is 0 Å². The molecule has 0 radical (unpaired) electrons. The van der Waals surface area contributed by atoms with Gasteiger partial charge in [-0.05, 0) is 56.4 Å². The fourth-order valence-corrected chi connectivity index (χ4v) is 4.81. The van der Waals surface area contributed by atoms with Gasteiger partial charge >= 0.3 is 0 Å². The Morgan fingerprint density at radius 1 is 1.06 bits per heavy atom. The van der Waals surface area contributed by atoms with Crippen LogP contribution in [0.2, 0.25) is 0 Å². The summed E-state index contributed by atoms with van der Waals surface area (Å²) < 4.78 is 0. The molecule has 2 nitrogen and oxygen atoms in total. The van der Waals surface area contributed by atoms with Crippen LogP contribution in [-0.2, 0) is 0 Å². The SMILES string of the molecule is CNC1CCC(C)(C)CC1N1CC2CCCC2C1. The fraction of sp³-hybridized carbons (Fsp3) is 1.00. The Hall–Kier alpha value is -0.0800. The lowest BCUT2D eigenvalue weighted by atomic mass is 9.72. The van der Waals surface area contributed by atoms with Crippen molar-refractivity contribution in [3.05, 3.63) is 0 Å². The fourth-order valence-electron chi connectivity index (χ4n) is 4.81. The predicted molar refractivity (Wildman–Crippen MR) is 76.7 cm³/mol. The first-order valence-electron chi connectivity index (χ1n) is 8.00. The van der Waals surface area contributed by atoms with Crippen molar-refractivity contribution in [2.45, 2.75) is 64.5 Å². The number of rotatable bonds is 2. The van der Waals surface area contributed by atoms with Crippen LogP contribution < -0.4 is 5.32 Å². The van der Waals surface area contributed by atoms with Crippen molar-refractivity contribution >= 4 is 0 Å². The van der Waals surface area contributed by atoms with Crippen LogP contribution in [0.4, 0.5) is 0 Å². The average Bonchev–Trinajstić information content (AvgIpc) is 2.87. The Balaban J connectivity index is 1.69. The molecule has 3 fully saturated rings. The van der Waals surface area contributed by atoms with Crippen LogP contribution in [-0.4, -0.2) is 37.1 Å². The highest BCUT2D eigenvalue weighted by Crippen LogP contribution is 2.43. The van der Waals surface area contributed by atoms with Crippen LogP contribution in [0.25, 0.3) is 0 Å². The first kappa shape index (κ1) is 12.9. The molecule has 0 aromatic heterocycles. The molecular weight excluding hydrogens is 220 g/mol. The van der Waals surface area contributed by atoms with Gasteiger partial charge in [0.1, 0.15) is 0 Å². The molecule has 0 spiro atoms. The molecule has 104 valence electrons. The molecule has 3 aliphatic rings. The van der Waals surface area contributed by atoms with Crippen molar-refractivity contribution in [3.8, 4) is 0 Å². The second-order valence-electron chi connectivity index (χ2n) is 7.77. The number of likely N-dealkylation sites (N-methyl/N-ethyl adjacent to an activating group) is 1. The van der Waals surface area contributed by atoms with E-state index in [1.807, 2.05) is 0 Å². The highest BCUT2D eigenvalue weighted by molar-refractivity contribution is 4.99. The molecule has 0 aromatic carbocycles. The third-order valence-electron chi connectivity index (χ3n) is 5.95. The van der Waals surface area contributed by atoms with Gasteiger partial charge in [0, 0.05) is 25.2 Å². The number of hydrogen-bond acceptors (Lipinski definition) is 2. The number of fused-ring (bicyclic) bond motifs is 1. The van der Waals surface area contributed by atoms with Gasteiger partial charge in [-0.25, -0.2) is 0 Å². The molecule has 4 unspecified atom stereocenters. The van der Waals surface area contributed by atoms with E-state index in [1.54, 1.807) is 0 Å². The monoisotopic (exact) mass is 250 g/mol. The Bertz CT molecular complexity index is 287. The topological polar surface area (TPSA) is 15.3 Å². The molecule has 0 aromatic rings. The van der Waals surface area contributed by atoms with Crippen molar-refractivity contribution < 1.29 is 0 Å². The van der Waals surface area contributed by atoms with E-state index in [-0.39, 0.29) is 0 Å². The van der Waals surface area contributed by atoms with Gasteiger partial charge in [0.25, 0.3) is 0 Å². The molecule has 0 amide bonds. The van der Waals surface area contributed by atoms with Crippen molar-refractivity contribution in [3.63, 3.8) is 0 Å². The zero-order valence-electron chi connectivity index (χ0n) is 12.4. The molecule has 1 N–H and O–H groups in total. The maximum atomic E-state index is 3.59. The third kappa shape index (κ3) is 2.34. The zero-order chi connectivity index (χ0) is 12.8. The first-order valence-corrected chi connectivity index (χ1v) is 8.00. The predicted octanol–water partition coefficient (Wildman–Crippen LogP) is 2.89. The summed E-state index contributed by atoms with van der Waals surface area (Å²) in [5.74, 6) is 2.07. The van der Waals surface area contributed by atoms with E-state index in [0.717, 1.165) is 23.9 Å². The van der Waals surface area contributed by atoms with Gasteiger partial charge in [-0.3, -0.25) is 4.90 Å². The van der Waals surface area contributed by atoms with E-state index >= 15 is 0 Å². The molecule has 1 saturated heterocycles. The third-order valence-corrected chi connectivity index (χ3v) is 5.95. The van der Waals surface area contributed by atoms with Crippen molar-refractivity contribution in [1.82, 2.24) is 10.2 Å². The van der Waals surface area contributed by atoms with Crippen LogP contribution in [0.3, 0.4) is 0 Å². The van der Waals surface area contributed by atoms with E-state index in [0.29, 0.717) is 5.41 Å². The van der Waals surface area contributed by atoms with E-state index in [2.05, 4.69) is 31.1 Å². The van der Waals surface area contributed by atoms with Gasteiger partial charge in [-0.2, -0.15) is 0 Å². The molecule has 3 rings (SSSR count). The molecule has 2 aliphatic carbocycles. The van der Waals surface area contributed by atoms with Crippen LogP contribution in [0.5, 0.6) is 0 Å². The zero-order valence-corrected chi connectivity index (χ0v) is 12.4. The number of likely N-dealkylation sites (tertiary alicyclic amines) is 1. The van der Waals surface area contributed by atoms with Crippen LogP contribution in [0, 0.1) is 17.3 Å². The van der Waals surface area contributed by atoms with Crippen LogP contribution in [0.1, 0.15) is 52.4 Å².